The summed E-state index contributed by atoms with van der Waals surface area (Å²) < 4.78 is 5.53. The van der Waals surface area contributed by atoms with E-state index in [1.165, 1.54) is 16.7 Å². The fourth-order valence-corrected chi connectivity index (χ4v) is 5.54. The highest BCUT2D eigenvalue weighted by Crippen LogP contribution is 2.34. The van der Waals surface area contributed by atoms with E-state index in [9.17, 15) is 4.79 Å². The van der Waals surface area contributed by atoms with Crippen molar-refractivity contribution >= 4 is 11.6 Å². The van der Waals surface area contributed by atoms with Gasteiger partial charge in [0.2, 0.25) is 5.91 Å². The summed E-state index contributed by atoms with van der Waals surface area (Å²) in [7, 11) is 1.71. The van der Waals surface area contributed by atoms with Gasteiger partial charge in [0.05, 0.1) is 19.3 Å². The zero-order valence-electron chi connectivity index (χ0n) is 20.4. The molecule has 6 heteroatoms. The summed E-state index contributed by atoms with van der Waals surface area (Å²) in [6, 6.07) is 21.1. The van der Waals surface area contributed by atoms with Gasteiger partial charge in [-0.1, -0.05) is 42.5 Å². The van der Waals surface area contributed by atoms with Gasteiger partial charge < -0.3 is 15.0 Å². The first-order valence-corrected chi connectivity index (χ1v) is 12.6. The van der Waals surface area contributed by atoms with Gasteiger partial charge in [0.1, 0.15) is 5.75 Å². The molecule has 1 aliphatic carbocycles. The number of hydrogen-bond donors (Lipinski definition) is 1. The highest BCUT2D eigenvalue weighted by Gasteiger charge is 2.31. The Labute approximate surface area is 207 Å². The van der Waals surface area contributed by atoms with E-state index in [-0.39, 0.29) is 17.9 Å². The van der Waals surface area contributed by atoms with Crippen molar-refractivity contribution in [2.45, 2.75) is 31.2 Å². The van der Waals surface area contributed by atoms with Gasteiger partial charge in [-0.3, -0.25) is 14.7 Å². The van der Waals surface area contributed by atoms with Crippen LogP contribution in [-0.2, 0) is 17.6 Å². The molecule has 0 bridgehead atoms. The van der Waals surface area contributed by atoms with Crippen molar-refractivity contribution in [3.05, 3.63) is 89.7 Å². The van der Waals surface area contributed by atoms with Crippen LogP contribution in [0.1, 0.15) is 29.0 Å². The Kier molecular flexibility index (Phi) is 7.28. The van der Waals surface area contributed by atoms with Gasteiger partial charge in [0, 0.05) is 50.5 Å². The minimum absolute atomic E-state index is 0.122. The Morgan fingerprint density at radius 2 is 1.83 bits per heavy atom. The number of amides is 1. The Hall–Kier alpha value is -3.38. The van der Waals surface area contributed by atoms with Crippen LogP contribution in [0.2, 0.25) is 0 Å². The number of aromatic nitrogens is 1. The van der Waals surface area contributed by atoms with Crippen LogP contribution in [0.15, 0.2) is 73.1 Å². The minimum Gasteiger partial charge on any atom is -0.495 e. The number of nitrogens with one attached hydrogen (secondary N) is 1. The fraction of sp³-hybridized carbons (Fsp3) is 0.379. The number of fused-ring (bicyclic) bond motifs is 1. The van der Waals surface area contributed by atoms with Crippen LogP contribution in [0.5, 0.6) is 5.75 Å². The standard InChI is InChI=1S/C29H34N4O2/c1-35-28-11-5-4-10-27(28)33-17-15-32(16-18-33)21-29(34)31-26-13-12-23-8-2-3-9-24(23)25(26)19-22-7-6-14-30-20-22/h2-11,14,20,25-26H,12-13,15-19,21H2,1H3,(H,31,34). The predicted octanol–water partition coefficient (Wildman–Crippen LogP) is 3.67. The smallest absolute Gasteiger partial charge is 0.234 e. The third kappa shape index (κ3) is 5.49. The molecule has 5 rings (SSSR count). The largest absolute Gasteiger partial charge is 0.495 e. The molecule has 1 N–H and O–H groups in total. The van der Waals surface area contributed by atoms with Crippen LogP contribution in [0.3, 0.4) is 0 Å². The van der Waals surface area contributed by atoms with Gasteiger partial charge in [-0.25, -0.2) is 0 Å². The molecule has 2 aromatic carbocycles. The van der Waals surface area contributed by atoms with Gasteiger partial charge in [-0.2, -0.15) is 0 Å². The van der Waals surface area contributed by atoms with E-state index >= 15 is 0 Å². The molecular formula is C29H34N4O2. The number of pyridine rings is 1. The van der Waals surface area contributed by atoms with E-state index in [1.54, 1.807) is 7.11 Å². The van der Waals surface area contributed by atoms with Crippen molar-refractivity contribution in [3.63, 3.8) is 0 Å². The molecule has 0 radical (unpaired) electrons. The molecule has 1 aromatic heterocycles. The Balaban J connectivity index is 1.20. The van der Waals surface area contributed by atoms with E-state index in [0.29, 0.717) is 6.54 Å². The topological polar surface area (TPSA) is 57.7 Å². The summed E-state index contributed by atoms with van der Waals surface area (Å²) in [6.45, 7) is 3.93. The Bertz CT molecular complexity index is 1130. The first-order chi connectivity index (χ1) is 17.2. The average molecular weight is 471 g/mol. The Morgan fingerprint density at radius 3 is 2.63 bits per heavy atom. The van der Waals surface area contributed by atoms with Gasteiger partial charge in [0.15, 0.2) is 0 Å². The molecule has 0 saturated carbocycles. The third-order valence-corrected chi connectivity index (χ3v) is 7.36. The second kappa shape index (κ2) is 10.9. The van der Waals surface area contributed by atoms with Crippen molar-refractivity contribution in [2.75, 3.05) is 44.7 Å². The number of methoxy groups -OCH3 is 1. The molecule has 2 aliphatic rings. The first-order valence-electron chi connectivity index (χ1n) is 12.6. The van der Waals surface area contributed by atoms with E-state index < -0.39 is 0 Å². The van der Waals surface area contributed by atoms with Crippen LogP contribution in [0.4, 0.5) is 5.69 Å². The molecule has 1 fully saturated rings. The minimum atomic E-state index is 0.122. The lowest BCUT2D eigenvalue weighted by atomic mass is 9.76. The van der Waals surface area contributed by atoms with E-state index in [4.69, 9.17) is 4.74 Å². The summed E-state index contributed by atoms with van der Waals surface area (Å²) in [5.41, 5.74) is 5.09. The zero-order valence-corrected chi connectivity index (χ0v) is 20.4. The maximum Gasteiger partial charge on any atom is 0.234 e. The number of rotatable bonds is 7. The highest BCUT2D eigenvalue weighted by molar-refractivity contribution is 5.78. The fourth-order valence-electron chi connectivity index (χ4n) is 5.54. The molecule has 182 valence electrons. The number of anilines is 1. The highest BCUT2D eigenvalue weighted by atomic mass is 16.5. The quantitative estimate of drug-likeness (QED) is 0.571. The van der Waals surface area contributed by atoms with Crippen LogP contribution >= 0.6 is 0 Å². The van der Waals surface area contributed by atoms with Crippen molar-refractivity contribution in [2.24, 2.45) is 0 Å². The molecule has 0 spiro atoms. The first kappa shape index (κ1) is 23.4. The molecule has 6 nitrogen and oxygen atoms in total. The summed E-state index contributed by atoms with van der Waals surface area (Å²) in [5, 5.41) is 3.40. The molecule has 1 aliphatic heterocycles. The number of ether oxygens (including phenoxy) is 1. The molecule has 1 amide bonds. The second-order valence-corrected chi connectivity index (χ2v) is 9.52. The van der Waals surface area contributed by atoms with Gasteiger partial charge in [0.25, 0.3) is 0 Å². The number of hydrogen-bond acceptors (Lipinski definition) is 5. The number of benzene rings is 2. The van der Waals surface area contributed by atoms with E-state index in [1.807, 2.05) is 36.7 Å². The van der Waals surface area contributed by atoms with Crippen molar-refractivity contribution in [3.8, 4) is 5.75 Å². The molecule has 2 heterocycles. The number of piperazine rings is 1. The SMILES string of the molecule is COc1ccccc1N1CCN(CC(=O)NC2CCc3ccccc3C2Cc2cccnc2)CC1. The molecule has 3 aromatic rings. The van der Waals surface area contributed by atoms with Gasteiger partial charge >= 0.3 is 0 Å². The lowest BCUT2D eigenvalue weighted by Crippen LogP contribution is -2.51. The number of nitrogens with zero attached hydrogens (tertiary/aromatic N) is 3. The predicted molar refractivity (Wildman–Crippen MR) is 139 cm³/mol. The summed E-state index contributed by atoms with van der Waals surface area (Å²) >= 11 is 0. The van der Waals surface area contributed by atoms with E-state index in [0.717, 1.165) is 56.9 Å². The maximum atomic E-state index is 13.1. The lowest BCUT2D eigenvalue weighted by molar-refractivity contribution is -0.123. The third-order valence-electron chi connectivity index (χ3n) is 7.36. The normalized spacial score (nSPS) is 20.2. The Morgan fingerprint density at radius 1 is 1.03 bits per heavy atom. The summed E-state index contributed by atoms with van der Waals surface area (Å²) in [5.74, 6) is 1.28. The molecule has 1 saturated heterocycles. The van der Waals surface area contributed by atoms with Gasteiger partial charge in [-0.15, -0.1) is 0 Å². The van der Waals surface area contributed by atoms with Crippen LogP contribution < -0.4 is 15.0 Å². The lowest BCUT2D eigenvalue weighted by Gasteiger charge is -2.37. The van der Waals surface area contributed by atoms with Crippen LogP contribution in [0, 0.1) is 0 Å². The number of aryl methyl sites for hydroxylation is 1. The second-order valence-electron chi connectivity index (χ2n) is 9.52. The summed E-state index contributed by atoms with van der Waals surface area (Å²) in [6.07, 6.45) is 6.60. The monoisotopic (exact) mass is 470 g/mol. The van der Waals surface area contributed by atoms with Crippen LogP contribution in [-0.4, -0.2) is 61.7 Å². The van der Waals surface area contributed by atoms with Crippen molar-refractivity contribution < 1.29 is 9.53 Å². The molecule has 2 unspecified atom stereocenters. The molecular weight excluding hydrogens is 436 g/mol. The number of para-hydroxylation sites is 2. The maximum absolute atomic E-state index is 13.1. The molecule has 35 heavy (non-hydrogen) atoms. The number of carbonyl (C=O) groups excluding carboxylic acids is 1. The van der Waals surface area contributed by atoms with Crippen LogP contribution in [0.25, 0.3) is 0 Å². The van der Waals surface area contributed by atoms with Crippen molar-refractivity contribution in [1.82, 2.24) is 15.2 Å². The van der Waals surface area contributed by atoms with Crippen molar-refractivity contribution in [1.29, 1.82) is 0 Å². The molecule has 2 atom stereocenters. The zero-order chi connectivity index (χ0) is 24.0. The summed E-state index contributed by atoms with van der Waals surface area (Å²) in [4.78, 5) is 22.0. The number of carbonyl (C=O) groups is 1. The van der Waals surface area contributed by atoms with Gasteiger partial charge in [-0.05, 0) is 54.2 Å². The van der Waals surface area contributed by atoms with E-state index in [2.05, 4.69) is 56.5 Å². The average Bonchev–Trinajstić information content (AvgIpc) is 2.91.